The normalized spacial score (nSPS) is 37.5. The smallest absolute Gasteiger partial charge is 0.387 e. The van der Waals surface area contributed by atoms with E-state index in [4.69, 9.17) is 42.0 Å². The number of aliphatic hydroxyl groups excluding tert-OH is 2. The molecule has 3 fully saturated rings. The van der Waals surface area contributed by atoms with Gasteiger partial charge < -0.3 is 29.6 Å². The summed E-state index contributed by atoms with van der Waals surface area (Å²) in [6, 6.07) is 1.02. The second kappa shape index (κ2) is 12.6. The van der Waals surface area contributed by atoms with Crippen LogP contribution in [0.2, 0.25) is 0 Å². The Labute approximate surface area is 256 Å². The first kappa shape index (κ1) is 32.4. The van der Waals surface area contributed by atoms with Crippen molar-refractivity contribution in [2.75, 3.05) is 33.2 Å². The molecule has 10 atom stereocenters. The molecule has 0 saturated carbocycles. The molecule has 3 aliphatic heterocycles. The standard InChI is InChI=1S/C21H27N7O14P2S/c1-35-43(33)37-5-9-13(30)16(20(39-9)28-8-25-12-17(22)23-7-24-18(12)28)42-44(34,45-36-2)38-6-10-15(41-43)14(31)19(40-10)27-4-3-11(29)26-21(27)32/h3-4,7-10,13-16,19-20,30-31H,5-6H2,1-2H3,(H2,22,23,24)(H,26,29,32)/t9-,10-,13-,14-,15-,16-,19-,20-,43?,44?/m1/s1. The molecule has 0 radical (unpaired) electrons. The topological polar surface area (TPSA) is 273 Å². The molecule has 21 nitrogen and oxygen atoms in total. The number of nitrogens with two attached hydrogens (primary N) is 1. The summed E-state index contributed by atoms with van der Waals surface area (Å²) in [4.78, 5) is 38.3. The van der Waals surface area contributed by atoms with E-state index in [0.29, 0.717) is 11.7 Å². The number of nitrogens with one attached hydrogen (secondary N) is 1. The number of hydrogen-bond acceptors (Lipinski definition) is 19. The van der Waals surface area contributed by atoms with Crippen molar-refractivity contribution in [2.24, 2.45) is 0 Å². The molecule has 0 spiro atoms. The molecule has 0 aliphatic carbocycles. The number of phosphoric ester groups is 1. The predicted octanol–water partition coefficient (Wildman–Crippen LogP) is -0.550. The number of nitrogens with zero attached hydrogens (tertiary/aromatic N) is 5. The Morgan fingerprint density at radius 2 is 1.76 bits per heavy atom. The van der Waals surface area contributed by atoms with Gasteiger partial charge in [-0.15, -0.1) is 0 Å². The van der Waals surface area contributed by atoms with Gasteiger partial charge in [-0.1, -0.05) is 0 Å². The van der Waals surface area contributed by atoms with Crippen LogP contribution in [0.25, 0.3) is 11.2 Å². The molecule has 2 bridgehead atoms. The molecule has 3 aromatic rings. The summed E-state index contributed by atoms with van der Waals surface area (Å²) in [6.45, 7) is -5.68. The molecule has 45 heavy (non-hydrogen) atoms. The van der Waals surface area contributed by atoms with Gasteiger partial charge in [0.15, 0.2) is 23.9 Å². The second-order valence-corrected chi connectivity index (χ2v) is 15.1. The summed E-state index contributed by atoms with van der Waals surface area (Å²) in [5, 5.41) is 22.4. The summed E-state index contributed by atoms with van der Waals surface area (Å²) in [6.07, 6.45) is -8.19. The van der Waals surface area contributed by atoms with Crippen LogP contribution in [0.3, 0.4) is 0 Å². The average molecular weight is 695 g/mol. The molecule has 0 amide bonds. The monoisotopic (exact) mass is 695 g/mol. The molecular formula is C21H27N7O14P2S. The van der Waals surface area contributed by atoms with Crippen molar-refractivity contribution in [3.63, 3.8) is 0 Å². The van der Waals surface area contributed by atoms with Gasteiger partial charge in [-0.25, -0.2) is 28.9 Å². The van der Waals surface area contributed by atoms with Crippen LogP contribution in [0, 0.1) is 0 Å². The Kier molecular flexibility index (Phi) is 9.04. The van der Waals surface area contributed by atoms with Crippen molar-refractivity contribution < 1.29 is 55.6 Å². The number of nitrogen functional groups attached to an aromatic ring is 1. The zero-order valence-electron chi connectivity index (χ0n) is 23.3. The van der Waals surface area contributed by atoms with Crippen LogP contribution in [0.4, 0.5) is 5.82 Å². The molecule has 2 unspecified atom stereocenters. The molecule has 24 heteroatoms. The van der Waals surface area contributed by atoms with E-state index in [2.05, 4.69) is 15.0 Å². The molecule has 246 valence electrons. The van der Waals surface area contributed by atoms with Crippen LogP contribution in [0.15, 0.2) is 34.5 Å². The average Bonchev–Trinajstić information content (AvgIpc) is 3.66. The second-order valence-electron chi connectivity index (χ2n) is 9.76. The fourth-order valence-corrected chi connectivity index (χ4v) is 8.59. The summed E-state index contributed by atoms with van der Waals surface area (Å²) in [5.74, 6) is 0.0645. The van der Waals surface area contributed by atoms with Gasteiger partial charge in [0.1, 0.15) is 60.1 Å². The fourth-order valence-electron chi connectivity index (χ4n) is 5.01. The van der Waals surface area contributed by atoms with E-state index in [0.717, 1.165) is 23.9 Å². The van der Waals surface area contributed by atoms with Gasteiger partial charge in [0.05, 0.1) is 26.7 Å². The zero-order valence-corrected chi connectivity index (χ0v) is 25.9. The number of rotatable bonds is 5. The Bertz CT molecular complexity index is 1770. The van der Waals surface area contributed by atoms with Crippen LogP contribution < -0.4 is 17.0 Å². The van der Waals surface area contributed by atoms with Gasteiger partial charge in [-0.05, 0) is 0 Å². The van der Waals surface area contributed by atoms with Gasteiger partial charge in [-0.2, -0.15) is 0 Å². The molecular weight excluding hydrogens is 668 g/mol. The molecule has 6 heterocycles. The molecule has 6 rings (SSSR count). The van der Waals surface area contributed by atoms with Crippen molar-refractivity contribution in [1.82, 2.24) is 29.1 Å². The Hall–Kier alpha value is -2.56. The lowest BCUT2D eigenvalue weighted by atomic mass is 10.1. The number of fused-ring (bicyclic) bond motifs is 4. The minimum absolute atomic E-state index is 0.0645. The fraction of sp³-hybridized carbons (Fsp3) is 0.571. The quantitative estimate of drug-likeness (QED) is 0.192. The Balaban J connectivity index is 1.37. The van der Waals surface area contributed by atoms with Crippen molar-refractivity contribution in [2.45, 2.75) is 49.1 Å². The molecule has 3 aromatic heterocycles. The van der Waals surface area contributed by atoms with E-state index in [9.17, 15) is 28.9 Å². The van der Waals surface area contributed by atoms with Gasteiger partial charge >= 0.3 is 20.3 Å². The van der Waals surface area contributed by atoms with Crippen LogP contribution in [0.5, 0.6) is 0 Å². The van der Waals surface area contributed by atoms with Gasteiger partial charge in [0, 0.05) is 19.4 Å². The third-order valence-electron chi connectivity index (χ3n) is 7.09. The lowest BCUT2D eigenvalue weighted by Gasteiger charge is -2.27. The van der Waals surface area contributed by atoms with Crippen LogP contribution >= 0.6 is 26.3 Å². The number of ether oxygens (including phenoxy) is 2. The number of hydrogen-bond donors (Lipinski definition) is 4. The van der Waals surface area contributed by atoms with Crippen LogP contribution in [-0.2, 0) is 45.4 Å². The van der Waals surface area contributed by atoms with Crippen LogP contribution in [-0.4, -0.2) is 103 Å². The summed E-state index contributed by atoms with van der Waals surface area (Å²) < 4.78 is 74.4. The van der Waals surface area contributed by atoms with Crippen molar-refractivity contribution >= 4 is 43.3 Å². The van der Waals surface area contributed by atoms with E-state index in [1.54, 1.807) is 0 Å². The molecule has 3 aliphatic rings. The van der Waals surface area contributed by atoms with E-state index in [-0.39, 0.29) is 17.0 Å². The van der Waals surface area contributed by atoms with E-state index >= 15 is 0 Å². The highest BCUT2D eigenvalue weighted by Gasteiger charge is 2.54. The number of phosphoric acid groups is 1. The first-order valence-electron chi connectivity index (χ1n) is 13.0. The number of H-pyrrole nitrogens is 1. The lowest BCUT2D eigenvalue weighted by molar-refractivity contribution is -0.0639. The minimum Gasteiger partial charge on any atom is -0.387 e. The minimum atomic E-state index is -4.56. The van der Waals surface area contributed by atoms with E-state index in [1.165, 1.54) is 24.3 Å². The highest BCUT2D eigenvalue weighted by molar-refractivity contribution is 8.52. The number of anilines is 1. The molecule has 0 aromatic carbocycles. The Morgan fingerprint density at radius 3 is 2.49 bits per heavy atom. The number of imidazole rings is 1. The van der Waals surface area contributed by atoms with Gasteiger partial charge in [-0.3, -0.25) is 41.5 Å². The van der Waals surface area contributed by atoms with Crippen molar-refractivity contribution in [3.05, 3.63) is 45.8 Å². The molecule has 3 saturated heterocycles. The van der Waals surface area contributed by atoms with E-state index < -0.39 is 88.2 Å². The molecule has 5 N–H and O–H groups in total. The largest absolute Gasteiger partial charge is 0.475 e. The summed E-state index contributed by atoms with van der Waals surface area (Å²) in [5.41, 5.74) is 4.69. The maximum atomic E-state index is 14.0. The first-order chi connectivity index (χ1) is 21.5. The van der Waals surface area contributed by atoms with Crippen molar-refractivity contribution in [1.29, 1.82) is 0 Å². The highest BCUT2D eigenvalue weighted by atomic mass is 32.7. The van der Waals surface area contributed by atoms with Crippen LogP contribution in [0.1, 0.15) is 12.5 Å². The van der Waals surface area contributed by atoms with Gasteiger partial charge in [0.2, 0.25) is 0 Å². The summed E-state index contributed by atoms with van der Waals surface area (Å²) >= 11 is 0.305. The number of aromatic amines is 1. The Morgan fingerprint density at radius 1 is 1.00 bits per heavy atom. The van der Waals surface area contributed by atoms with Gasteiger partial charge in [0.25, 0.3) is 5.56 Å². The number of aromatic nitrogens is 6. The SMILES string of the molecule is COSP1(=O)OC[C@H]2O[C@@H](n3ccc(=O)[nH]c3=O)[C@H](O)[C@@H]2OP(=O)(OC)OC[C@H]2O[C@@H](n3cnc4c(N)ncnc43)[C@H](O1)[C@@H]2O. The third kappa shape index (κ3) is 6.14. The maximum absolute atomic E-state index is 14.0. The lowest BCUT2D eigenvalue weighted by Crippen LogP contribution is -2.39. The van der Waals surface area contributed by atoms with Crippen molar-refractivity contribution in [3.8, 4) is 0 Å². The van der Waals surface area contributed by atoms with E-state index in [1.807, 2.05) is 4.98 Å². The predicted molar refractivity (Wildman–Crippen MR) is 149 cm³/mol. The maximum Gasteiger partial charge on any atom is 0.475 e. The summed E-state index contributed by atoms with van der Waals surface area (Å²) in [7, 11) is -2.35. The first-order valence-corrected chi connectivity index (χ1v) is 17.4. The highest BCUT2D eigenvalue weighted by Crippen LogP contribution is 2.64. The third-order valence-corrected chi connectivity index (χ3v) is 11.4. The number of aliphatic hydroxyl groups is 2. The zero-order chi connectivity index (χ0) is 32.1.